The topological polar surface area (TPSA) is 63.8 Å². The summed E-state index contributed by atoms with van der Waals surface area (Å²) in [5.74, 6) is 0.567. The molecule has 0 saturated carbocycles. The molecule has 2 rings (SSSR count). The number of aryl methyl sites for hydroxylation is 1. The third-order valence-electron chi connectivity index (χ3n) is 2.66. The Labute approximate surface area is 117 Å². The first-order chi connectivity index (χ1) is 9.20. The normalized spacial score (nSPS) is 12.6. The lowest BCUT2D eigenvalue weighted by Gasteiger charge is -2.15. The summed E-state index contributed by atoms with van der Waals surface area (Å²) >= 11 is 1.41. The quantitative estimate of drug-likeness (QED) is 0.876. The molecular formula is C13H18N4OS. The second-order valence-electron chi connectivity index (χ2n) is 4.26. The fraction of sp³-hybridized carbons (Fsp3) is 0.462. The molecular weight excluding hydrogens is 260 g/mol. The Bertz CT molecular complexity index is 529. The predicted molar refractivity (Wildman–Crippen MR) is 74.1 cm³/mol. The molecule has 2 aromatic heterocycles. The van der Waals surface area contributed by atoms with Crippen molar-refractivity contribution < 1.29 is 4.42 Å². The Kier molecular flexibility index (Phi) is 4.93. The Hall–Kier alpha value is -1.40. The largest absolute Gasteiger partial charge is 0.416 e. The lowest BCUT2D eigenvalue weighted by Crippen LogP contribution is -2.20. The first-order valence-electron chi connectivity index (χ1n) is 6.37. The van der Waals surface area contributed by atoms with Gasteiger partial charge in [-0.1, -0.05) is 13.0 Å². The van der Waals surface area contributed by atoms with Crippen molar-refractivity contribution in [3.05, 3.63) is 29.8 Å². The van der Waals surface area contributed by atoms with Gasteiger partial charge in [0.1, 0.15) is 5.03 Å². The maximum absolute atomic E-state index is 5.38. The van der Waals surface area contributed by atoms with Crippen molar-refractivity contribution in [2.45, 2.75) is 43.5 Å². The van der Waals surface area contributed by atoms with E-state index in [1.807, 2.05) is 6.07 Å². The second-order valence-corrected chi connectivity index (χ2v) is 5.20. The van der Waals surface area contributed by atoms with E-state index in [2.05, 4.69) is 40.4 Å². The van der Waals surface area contributed by atoms with E-state index in [0.717, 1.165) is 23.6 Å². The van der Waals surface area contributed by atoms with Crippen molar-refractivity contribution in [2.24, 2.45) is 0 Å². The van der Waals surface area contributed by atoms with E-state index in [1.54, 1.807) is 13.1 Å². The highest BCUT2D eigenvalue weighted by Gasteiger charge is 2.14. The molecule has 19 heavy (non-hydrogen) atoms. The van der Waals surface area contributed by atoms with E-state index in [0.29, 0.717) is 11.1 Å². The van der Waals surface area contributed by atoms with Crippen LogP contribution in [-0.4, -0.2) is 21.7 Å². The lowest BCUT2D eigenvalue weighted by atomic mass is 10.1. The minimum atomic E-state index is 0.250. The smallest absolute Gasteiger partial charge is 0.282 e. The molecule has 0 fully saturated rings. The molecule has 0 radical (unpaired) electrons. The van der Waals surface area contributed by atoms with Crippen LogP contribution >= 0.6 is 11.8 Å². The van der Waals surface area contributed by atoms with Crippen molar-refractivity contribution in [3.8, 4) is 0 Å². The van der Waals surface area contributed by atoms with E-state index in [9.17, 15) is 0 Å². The van der Waals surface area contributed by atoms with Crippen LogP contribution in [0.5, 0.6) is 0 Å². The minimum Gasteiger partial charge on any atom is -0.416 e. The van der Waals surface area contributed by atoms with Crippen molar-refractivity contribution >= 4 is 11.8 Å². The zero-order valence-electron chi connectivity index (χ0n) is 11.4. The van der Waals surface area contributed by atoms with Gasteiger partial charge in [-0.3, -0.25) is 0 Å². The zero-order chi connectivity index (χ0) is 13.7. The Morgan fingerprint density at radius 1 is 1.42 bits per heavy atom. The average Bonchev–Trinajstić information content (AvgIpc) is 2.82. The fourth-order valence-electron chi connectivity index (χ4n) is 1.69. The predicted octanol–water partition coefficient (Wildman–Crippen LogP) is 2.98. The van der Waals surface area contributed by atoms with Gasteiger partial charge in [0.15, 0.2) is 0 Å². The molecule has 0 aliphatic heterocycles. The van der Waals surface area contributed by atoms with Gasteiger partial charge in [0.05, 0.1) is 0 Å². The van der Waals surface area contributed by atoms with Crippen LogP contribution < -0.4 is 5.32 Å². The van der Waals surface area contributed by atoms with E-state index in [-0.39, 0.29) is 6.04 Å². The average molecular weight is 278 g/mol. The van der Waals surface area contributed by atoms with E-state index in [4.69, 9.17) is 4.42 Å². The number of hydrogen-bond donors (Lipinski definition) is 1. The maximum Gasteiger partial charge on any atom is 0.282 e. The van der Waals surface area contributed by atoms with Crippen molar-refractivity contribution in [1.29, 1.82) is 0 Å². The van der Waals surface area contributed by atoms with Gasteiger partial charge in [-0.05, 0) is 37.7 Å². The summed E-state index contributed by atoms with van der Waals surface area (Å²) in [7, 11) is 0. The highest BCUT2D eigenvalue weighted by atomic mass is 32.2. The number of aromatic nitrogens is 3. The molecule has 0 spiro atoms. The van der Waals surface area contributed by atoms with Crippen molar-refractivity contribution in [3.63, 3.8) is 0 Å². The van der Waals surface area contributed by atoms with Crippen LogP contribution in [-0.2, 0) is 0 Å². The van der Waals surface area contributed by atoms with Gasteiger partial charge in [-0.15, -0.1) is 10.2 Å². The SMILES string of the molecule is CCCNC(C)c1cccnc1Sc1nnc(C)o1. The van der Waals surface area contributed by atoms with Crippen molar-refractivity contribution in [1.82, 2.24) is 20.5 Å². The lowest BCUT2D eigenvalue weighted by molar-refractivity contribution is 0.429. The molecule has 6 heteroatoms. The van der Waals surface area contributed by atoms with Gasteiger partial charge in [0, 0.05) is 24.7 Å². The highest BCUT2D eigenvalue weighted by molar-refractivity contribution is 7.99. The van der Waals surface area contributed by atoms with Crippen LogP contribution in [0.4, 0.5) is 0 Å². The third kappa shape index (κ3) is 3.78. The molecule has 2 aromatic rings. The summed E-state index contributed by atoms with van der Waals surface area (Å²) in [6, 6.07) is 4.27. The summed E-state index contributed by atoms with van der Waals surface area (Å²) in [5.41, 5.74) is 1.15. The Morgan fingerprint density at radius 3 is 2.95 bits per heavy atom. The molecule has 1 N–H and O–H groups in total. The summed E-state index contributed by atoms with van der Waals surface area (Å²) in [4.78, 5) is 4.41. The fourth-order valence-corrected chi connectivity index (χ4v) is 2.58. The third-order valence-corrected chi connectivity index (χ3v) is 3.53. The summed E-state index contributed by atoms with van der Waals surface area (Å²) in [6.07, 6.45) is 2.89. The Morgan fingerprint density at radius 2 is 2.26 bits per heavy atom. The first kappa shape index (κ1) is 14.0. The number of rotatable bonds is 6. The number of nitrogens with zero attached hydrogens (tertiary/aromatic N) is 3. The monoisotopic (exact) mass is 278 g/mol. The van der Waals surface area contributed by atoms with Gasteiger partial charge >= 0.3 is 0 Å². The van der Waals surface area contributed by atoms with Crippen LogP contribution in [0.3, 0.4) is 0 Å². The second kappa shape index (κ2) is 6.68. The molecule has 1 unspecified atom stereocenters. The van der Waals surface area contributed by atoms with Gasteiger partial charge in [-0.25, -0.2) is 4.98 Å². The van der Waals surface area contributed by atoms with E-state index < -0.39 is 0 Å². The number of hydrogen-bond acceptors (Lipinski definition) is 6. The minimum absolute atomic E-state index is 0.250. The van der Waals surface area contributed by atoms with Crippen LogP contribution in [0, 0.1) is 6.92 Å². The summed E-state index contributed by atoms with van der Waals surface area (Å²) in [6.45, 7) is 7.05. The van der Waals surface area contributed by atoms with Gasteiger partial charge in [0.2, 0.25) is 5.89 Å². The van der Waals surface area contributed by atoms with Crippen LogP contribution in [0.2, 0.25) is 0 Å². The van der Waals surface area contributed by atoms with Crippen LogP contribution in [0.25, 0.3) is 0 Å². The molecule has 0 amide bonds. The van der Waals surface area contributed by atoms with E-state index in [1.165, 1.54) is 11.8 Å². The van der Waals surface area contributed by atoms with E-state index >= 15 is 0 Å². The molecule has 0 aliphatic carbocycles. The highest BCUT2D eigenvalue weighted by Crippen LogP contribution is 2.30. The standard InChI is InChI=1S/C13H18N4OS/c1-4-7-14-9(2)11-6-5-8-15-12(11)19-13-17-16-10(3)18-13/h5-6,8-9,14H,4,7H2,1-3H3. The van der Waals surface area contributed by atoms with Crippen molar-refractivity contribution in [2.75, 3.05) is 6.54 Å². The molecule has 0 bridgehead atoms. The van der Waals surface area contributed by atoms with Crippen LogP contribution in [0.1, 0.15) is 37.8 Å². The number of nitrogens with one attached hydrogen (secondary N) is 1. The summed E-state index contributed by atoms with van der Waals surface area (Å²) < 4.78 is 5.38. The van der Waals surface area contributed by atoms with Gasteiger partial charge < -0.3 is 9.73 Å². The Balaban J connectivity index is 2.16. The molecule has 5 nitrogen and oxygen atoms in total. The zero-order valence-corrected chi connectivity index (χ0v) is 12.2. The van der Waals surface area contributed by atoms with Gasteiger partial charge in [0.25, 0.3) is 5.22 Å². The molecule has 1 atom stereocenters. The number of pyridine rings is 1. The van der Waals surface area contributed by atoms with Crippen LogP contribution in [0.15, 0.2) is 33.0 Å². The first-order valence-corrected chi connectivity index (χ1v) is 7.18. The van der Waals surface area contributed by atoms with Gasteiger partial charge in [-0.2, -0.15) is 0 Å². The molecule has 0 aromatic carbocycles. The maximum atomic E-state index is 5.38. The summed E-state index contributed by atoms with van der Waals surface area (Å²) in [5, 5.41) is 12.7. The molecule has 102 valence electrons. The molecule has 0 saturated heterocycles. The molecule has 2 heterocycles. The molecule has 0 aliphatic rings.